The van der Waals surface area contributed by atoms with E-state index in [-0.39, 0.29) is 17.5 Å². The topological polar surface area (TPSA) is 93.6 Å². The average Bonchev–Trinajstić information content (AvgIpc) is 2.93. The third kappa shape index (κ3) is 2.12. The number of hydrogen-bond acceptors (Lipinski definition) is 6. The number of anilines is 2. The number of hydrogen-bond donors (Lipinski definition) is 1. The van der Waals surface area contributed by atoms with Gasteiger partial charge < -0.3 is 15.0 Å². The Labute approximate surface area is 111 Å². The highest BCUT2D eigenvalue weighted by atomic mass is 32.2. The Morgan fingerprint density at radius 1 is 1.53 bits per heavy atom. The van der Waals surface area contributed by atoms with E-state index in [2.05, 4.69) is 9.97 Å². The number of sulfone groups is 1. The van der Waals surface area contributed by atoms with Crippen LogP contribution >= 0.6 is 0 Å². The van der Waals surface area contributed by atoms with Crippen LogP contribution in [0.25, 0.3) is 5.65 Å². The molecule has 2 aromatic heterocycles. The van der Waals surface area contributed by atoms with Crippen molar-refractivity contribution in [2.75, 3.05) is 29.2 Å². The summed E-state index contributed by atoms with van der Waals surface area (Å²) >= 11 is 0. The van der Waals surface area contributed by atoms with E-state index in [0.717, 1.165) is 0 Å². The molecule has 8 heteroatoms. The van der Waals surface area contributed by atoms with Crippen LogP contribution in [0.1, 0.15) is 6.42 Å². The fraction of sp³-hybridized carbons (Fsp3) is 0.455. The molecule has 2 N–H and O–H groups in total. The van der Waals surface area contributed by atoms with Crippen molar-refractivity contribution in [1.29, 1.82) is 0 Å². The molecular weight excluding hydrogens is 266 g/mol. The van der Waals surface area contributed by atoms with Crippen LogP contribution in [-0.4, -0.2) is 47.4 Å². The zero-order valence-corrected chi connectivity index (χ0v) is 11.3. The van der Waals surface area contributed by atoms with E-state index in [9.17, 15) is 8.42 Å². The molecule has 1 aliphatic heterocycles. The molecule has 19 heavy (non-hydrogen) atoms. The van der Waals surface area contributed by atoms with Crippen molar-refractivity contribution in [3.63, 3.8) is 0 Å². The maximum Gasteiger partial charge on any atom is 0.180 e. The summed E-state index contributed by atoms with van der Waals surface area (Å²) in [6.07, 6.45) is 5.75. The van der Waals surface area contributed by atoms with E-state index in [1.807, 2.05) is 11.9 Å². The van der Waals surface area contributed by atoms with E-state index >= 15 is 0 Å². The van der Waals surface area contributed by atoms with Crippen LogP contribution in [0.4, 0.5) is 11.6 Å². The Morgan fingerprint density at radius 2 is 2.32 bits per heavy atom. The van der Waals surface area contributed by atoms with Crippen molar-refractivity contribution in [1.82, 2.24) is 14.4 Å². The minimum absolute atomic E-state index is 0.0696. The van der Waals surface area contributed by atoms with Crippen molar-refractivity contribution >= 4 is 27.1 Å². The number of nitrogens with two attached hydrogens (primary N) is 1. The maximum atomic E-state index is 11.6. The zero-order chi connectivity index (χ0) is 13.6. The predicted octanol–water partition coefficient (Wildman–Crippen LogP) is -0.0652. The van der Waals surface area contributed by atoms with Gasteiger partial charge in [-0.05, 0) is 6.42 Å². The van der Waals surface area contributed by atoms with Gasteiger partial charge in [0.05, 0.1) is 17.7 Å². The van der Waals surface area contributed by atoms with Crippen LogP contribution in [0, 0.1) is 0 Å². The van der Waals surface area contributed by atoms with Gasteiger partial charge in [-0.15, -0.1) is 0 Å². The third-order valence-electron chi connectivity index (χ3n) is 3.47. The molecule has 0 amide bonds. The van der Waals surface area contributed by atoms with Gasteiger partial charge in [0.2, 0.25) is 0 Å². The highest BCUT2D eigenvalue weighted by Crippen LogP contribution is 2.25. The summed E-state index contributed by atoms with van der Waals surface area (Å²) in [5, 5.41) is 0. The molecule has 1 saturated heterocycles. The number of aromatic nitrogens is 3. The first-order valence-corrected chi connectivity index (χ1v) is 7.81. The van der Waals surface area contributed by atoms with Crippen LogP contribution in [0.15, 0.2) is 18.6 Å². The van der Waals surface area contributed by atoms with Gasteiger partial charge in [-0.1, -0.05) is 0 Å². The molecule has 3 rings (SSSR count). The number of fused-ring (bicyclic) bond motifs is 1. The first-order valence-electron chi connectivity index (χ1n) is 5.99. The number of nitrogen functional groups attached to an aromatic ring is 1. The van der Waals surface area contributed by atoms with Gasteiger partial charge in [-0.3, -0.25) is 0 Å². The Bertz CT molecular complexity index is 724. The molecule has 0 bridgehead atoms. The summed E-state index contributed by atoms with van der Waals surface area (Å²) in [5.41, 5.74) is 6.45. The lowest BCUT2D eigenvalue weighted by Gasteiger charge is -2.24. The second-order valence-corrected chi connectivity index (χ2v) is 7.04. The molecule has 1 aliphatic rings. The quantitative estimate of drug-likeness (QED) is 0.828. The van der Waals surface area contributed by atoms with E-state index < -0.39 is 9.84 Å². The molecule has 3 heterocycles. The maximum absolute atomic E-state index is 11.6. The Morgan fingerprint density at radius 3 is 3.00 bits per heavy atom. The standard InChI is InChI=1S/C11H15N5O2S/c1-15(8-2-5-19(17,18)7-8)11-10-13-3-4-16(10)6-9(12)14-11/h3-4,6,8H,2,5,7,12H2,1H3. The fourth-order valence-corrected chi connectivity index (χ4v) is 4.20. The largest absolute Gasteiger partial charge is 0.382 e. The molecule has 0 spiro atoms. The van der Waals surface area contributed by atoms with Gasteiger partial charge in [0.25, 0.3) is 0 Å². The Balaban J connectivity index is 2.02. The van der Waals surface area contributed by atoms with Gasteiger partial charge in [0.15, 0.2) is 21.3 Å². The lowest BCUT2D eigenvalue weighted by atomic mass is 10.2. The Kier molecular flexibility index (Phi) is 2.63. The van der Waals surface area contributed by atoms with Crippen LogP contribution in [0.3, 0.4) is 0 Å². The summed E-state index contributed by atoms with van der Waals surface area (Å²) in [7, 11) is -1.09. The summed E-state index contributed by atoms with van der Waals surface area (Å²) in [4.78, 5) is 10.4. The van der Waals surface area contributed by atoms with E-state index in [0.29, 0.717) is 23.7 Å². The first-order chi connectivity index (χ1) is 8.96. The SMILES string of the molecule is CN(c1nc(N)cn2ccnc12)C1CCS(=O)(=O)C1. The highest BCUT2D eigenvalue weighted by molar-refractivity contribution is 7.91. The van der Waals surface area contributed by atoms with Crippen LogP contribution < -0.4 is 10.6 Å². The molecule has 0 saturated carbocycles. The van der Waals surface area contributed by atoms with Gasteiger partial charge in [-0.2, -0.15) is 0 Å². The van der Waals surface area contributed by atoms with E-state index in [1.54, 1.807) is 23.0 Å². The van der Waals surface area contributed by atoms with E-state index in [4.69, 9.17) is 5.73 Å². The van der Waals surface area contributed by atoms with Crippen molar-refractivity contribution < 1.29 is 8.42 Å². The summed E-state index contributed by atoms with van der Waals surface area (Å²) in [6, 6.07) is -0.0696. The minimum atomic E-state index is -2.93. The number of imidazole rings is 1. The third-order valence-corrected chi connectivity index (χ3v) is 5.22. The first kappa shape index (κ1) is 12.2. The summed E-state index contributed by atoms with van der Waals surface area (Å²) in [6.45, 7) is 0. The lowest BCUT2D eigenvalue weighted by molar-refractivity contribution is 0.600. The molecule has 1 atom stereocenters. The smallest absolute Gasteiger partial charge is 0.180 e. The second-order valence-electron chi connectivity index (χ2n) is 4.82. The molecule has 1 fully saturated rings. The molecule has 102 valence electrons. The molecule has 0 aromatic carbocycles. The van der Waals surface area contributed by atoms with Crippen LogP contribution in [0.2, 0.25) is 0 Å². The molecular formula is C11H15N5O2S. The van der Waals surface area contributed by atoms with Crippen molar-refractivity contribution in [2.45, 2.75) is 12.5 Å². The monoisotopic (exact) mass is 281 g/mol. The molecule has 0 radical (unpaired) electrons. The van der Waals surface area contributed by atoms with Crippen LogP contribution in [0.5, 0.6) is 0 Å². The van der Waals surface area contributed by atoms with Gasteiger partial charge in [-0.25, -0.2) is 18.4 Å². The fourth-order valence-electron chi connectivity index (χ4n) is 2.42. The summed E-state index contributed by atoms with van der Waals surface area (Å²) < 4.78 is 24.9. The predicted molar refractivity (Wildman–Crippen MR) is 72.9 cm³/mol. The van der Waals surface area contributed by atoms with Gasteiger partial charge >= 0.3 is 0 Å². The van der Waals surface area contributed by atoms with Crippen molar-refractivity contribution in [2.24, 2.45) is 0 Å². The molecule has 1 unspecified atom stereocenters. The van der Waals surface area contributed by atoms with Crippen molar-refractivity contribution in [3.8, 4) is 0 Å². The second kappa shape index (κ2) is 4.09. The number of nitrogens with zero attached hydrogens (tertiary/aromatic N) is 4. The average molecular weight is 281 g/mol. The van der Waals surface area contributed by atoms with Gasteiger partial charge in [0, 0.05) is 25.5 Å². The lowest BCUT2D eigenvalue weighted by Crippen LogP contribution is -2.33. The normalized spacial score (nSPS) is 21.8. The van der Waals surface area contributed by atoms with E-state index in [1.165, 1.54) is 0 Å². The number of rotatable bonds is 2. The minimum Gasteiger partial charge on any atom is -0.382 e. The zero-order valence-electron chi connectivity index (χ0n) is 10.5. The molecule has 2 aromatic rings. The highest BCUT2D eigenvalue weighted by Gasteiger charge is 2.32. The van der Waals surface area contributed by atoms with Crippen molar-refractivity contribution in [3.05, 3.63) is 18.6 Å². The van der Waals surface area contributed by atoms with Crippen LogP contribution in [-0.2, 0) is 9.84 Å². The molecule has 0 aliphatic carbocycles. The molecule has 7 nitrogen and oxygen atoms in total. The van der Waals surface area contributed by atoms with Gasteiger partial charge in [0.1, 0.15) is 5.82 Å². The Hall–Kier alpha value is -1.83. The summed E-state index contributed by atoms with van der Waals surface area (Å²) in [5.74, 6) is 1.39.